The van der Waals surface area contributed by atoms with Gasteiger partial charge in [-0.2, -0.15) is 11.3 Å². The number of nitrogens with zero attached hydrogens (tertiary/aromatic N) is 2. The zero-order valence-corrected chi connectivity index (χ0v) is 11.9. The predicted molar refractivity (Wildman–Crippen MR) is 78.5 cm³/mol. The summed E-state index contributed by atoms with van der Waals surface area (Å²) in [6.45, 7) is 3.45. The lowest BCUT2D eigenvalue weighted by molar-refractivity contribution is 0.0779. The molecule has 0 aliphatic carbocycles. The Morgan fingerprint density at radius 2 is 2.32 bits per heavy atom. The van der Waals surface area contributed by atoms with Gasteiger partial charge in [0.1, 0.15) is 5.69 Å². The van der Waals surface area contributed by atoms with Crippen LogP contribution < -0.4 is 5.32 Å². The monoisotopic (exact) mass is 275 g/mol. The van der Waals surface area contributed by atoms with Crippen LogP contribution in [0.3, 0.4) is 0 Å². The van der Waals surface area contributed by atoms with E-state index in [0.29, 0.717) is 12.2 Å². The van der Waals surface area contributed by atoms with Gasteiger partial charge in [-0.15, -0.1) is 0 Å². The summed E-state index contributed by atoms with van der Waals surface area (Å²) in [6, 6.07) is 5.67. The molecule has 0 aliphatic heterocycles. The Morgan fingerprint density at radius 3 is 3.00 bits per heavy atom. The Bertz CT molecular complexity index is 539. The highest BCUT2D eigenvalue weighted by Gasteiger charge is 2.14. The minimum Gasteiger partial charge on any atom is -0.385 e. The molecule has 0 spiro atoms. The number of aromatic nitrogens is 1. The van der Waals surface area contributed by atoms with Crippen molar-refractivity contribution in [3.63, 3.8) is 0 Å². The fraction of sp³-hybridized carbons (Fsp3) is 0.286. The lowest BCUT2D eigenvalue weighted by atomic mass is 10.2. The standard InChI is InChI=1S/C14H17N3OS/c1-3-15-12-4-6-16-13(8-12)14(18)17(2)9-11-5-7-19-10-11/h4-8,10H,3,9H2,1-2H3,(H,15,16). The predicted octanol–water partition coefficient (Wildman–Crippen LogP) is 2.85. The van der Waals surface area contributed by atoms with Crippen LogP contribution in [0.1, 0.15) is 23.0 Å². The van der Waals surface area contributed by atoms with Crippen molar-refractivity contribution in [1.82, 2.24) is 9.88 Å². The molecule has 2 aromatic heterocycles. The largest absolute Gasteiger partial charge is 0.385 e. The average molecular weight is 275 g/mol. The lowest BCUT2D eigenvalue weighted by Gasteiger charge is -2.16. The number of pyridine rings is 1. The molecule has 1 amide bonds. The van der Waals surface area contributed by atoms with E-state index in [1.54, 1.807) is 35.5 Å². The Hall–Kier alpha value is -1.88. The molecule has 4 nitrogen and oxygen atoms in total. The van der Waals surface area contributed by atoms with Crippen LogP contribution in [0.4, 0.5) is 5.69 Å². The molecular formula is C14H17N3OS. The van der Waals surface area contributed by atoms with E-state index in [4.69, 9.17) is 0 Å². The van der Waals surface area contributed by atoms with Crippen LogP contribution in [-0.2, 0) is 6.54 Å². The maximum atomic E-state index is 12.3. The average Bonchev–Trinajstić information content (AvgIpc) is 2.91. The van der Waals surface area contributed by atoms with E-state index in [1.807, 2.05) is 29.8 Å². The maximum Gasteiger partial charge on any atom is 0.272 e. The highest BCUT2D eigenvalue weighted by molar-refractivity contribution is 7.07. The molecule has 0 atom stereocenters. The van der Waals surface area contributed by atoms with E-state index in [0.717, 1.165) is 17.8 Å². The topological polar surface area (TPSA) is 45.2 Å². The summed E-state index contributed by atoms with van der Waals surface area (Å²) < 4.78 is 0. The third-order valence-corrected chi connectivity index (χ3v) is 3.44. The summed E-state index contributed by atoms with van der Waals surface area (Å²) in [5, 5.41) is 7.24. The number of nitrogens with one attached hydrogen (secondary N) is 1. The molecule has 0 aliphatic rings. The van der Waals surface area contributed by atoms with E-state index < -0.39 is 0 Å². The van der Waals surface area contributed by atoms with Crippen molar-refractivity contribution in [2.45, 2.75) is 13.5 Å². The van der Waals surface area contributed by atoms with Crippen LogP contribution in [-0.4, -0.2) is 29.4 Å². The highest BCUT2D eigenvalue weighted by atomic mass is 32.1. The quantitative estimate of drug-likeness (QED) is 0.912. The molecule has 0 saturated heterocycles. The summed E-state index contributed by atoms with van der Waals surface area (Å²) in [7, 11) is 1.79. The SMILES string of the molecule is CCNc1ccnc(C(=O)N(C)Cc2ccsc2)c1. The number of thiophene rings is 1. The highest BCUT2D eigenvalue weighted by Crippen LogP contribution is 2.12. The van der Waals surface area contributed by atoms with Gasteiger partial charge in [0.2, 0.25) is 0 Å². The number of anilines is 1. The Balaban J connectivity index is 2.08. The second-order valence-electron chi connectivity index (χ2n) is 4.25. The number of rotatable bonds is 5. The van der Waals surface area contributed by atoms with Gasteiger partial charge in [-0.05, 0) is 41.4 Å². The smallest absolute Gasteiger partial charge is 0.272 e. The van der Waals surface area contributed by atoms with E-state index in [1.165, 1.54) is 0 Å². The Kier molecular flexibility index (Phi) is 4.52. The van der Waals surface area contributed by atoms with Gasteiger partial charge in [-0.1, -0.05) is 0 Å². The van der Waals surface area contributed by atoms with Crippen molar-refractivity contribution < 1.29 is 4.79 Å². The molecular weight excluding hydrogens is 258 g/mol. The fourth-order valence-electron chi connectivity index (χ4n) is 1.79. The molecule has 2 rings (SSSR count). The van der Waals surface area contributed by atoms with Gasteiger partial charge >= 0.3 is 0 Å². The molecule has 19 heavy (non-hydrogen) atoms. The van der Waals surface area contributed by atoms with Crippen LogP contribution in [0, 0.1) is 0 Å². The van der Waals surface area contributed by atoms with Gasteiger partial charge in [-0.25, -0.2) is 0 Å². The zero-order chi connectivity index (χ0) is 13.7. The molecule has 0 bridgehead atoms. The van der Waals surface area contributed by atoms with Crippen LogP contribution >= 0.6 is 11.3 Å². The Labute approximate surface area is 117 Å². The van der Waals surface area contributed by atoms with Gasteiger partial charge in [0.25, 0.3) is 5.91 Å². The van der Waals surface area contributed by atoms with Crippen molar-refractivity contribution in [3.8, 4) is 0 Å². The van der Waals surface area contributed by atoms with Crippen LogP contribution in [0.2, 0.25) is 0 Å². The first-order valence-corrected chi connectivity index (χ1v) is 7.11. The number of hydrogen-bond donors (Lipinski definition) is 1. The van der Waals surface area contributed by atoms with Crippen LogP contribution in [0.5, 0.6) is 0 Å². The maximum absolute atomic E-state index is 12.3. The molecule has 2 aromatic rings. The first-order chi connectivity index (χ1) is 9.20. The fourth-order valence-corrected chi connectivity index (χ4v) is 2.45. The normalized spacial score (nSPS) is 10.2. The van der Waals surface area contributed by atoms with E-state index >= 15 is 0 Å². The first-order valence-electron chi connectivity index (χ1n) is 6.17. The van der Waals surface area contributed by atoms with Gasteiger partial charge in [0, 0.05) is 32.0 Å². The molecule has 0 radical (unpaired) electrons. The summed E-state index contributed by atoms with van der Waals surface area (Å²) in [5.74, 6) is -0.0639. The third kappa shape index (κ3) is 3.54. The van der Waals surface area contributed by atoms with Gasteiger partial charge in [0.05, 0.1) is 0 Å². The van der Waals surface area contributed by atoms with Crippen LogP contribution in [0.25, 0.3) is 0 Å². The van der Waals surface area contributed by atoms with Crippen molar-refractivity contribution in [2.75, 3.05) is 18.9 Å². The van der Waals surface area contributed by atoms with E-state index in [-0.39, 0.29) is 5.91 Å². The van der Waals surface area contributed by atoms with Crippen molar-refractivity contribution >= 4 is 22.9 Å². The summed E-state index contributed by atoms with van der Waals surface area (Å²) in [5.41, 5.74) is 2.53. The number of amides is 1. The molecule has 0 unspecified atom stereocenters. The third-order valence-electron chi connectivity index (χ3n) is 2.71. The van der Waals surface area contributed by atoms with Crippen molar-refractivity contribution in [1.29, 1.82) is 0 Å². The minimum atomic E-state index is -0.0639. The number of carbonyl (C=O) groups is 1. The number of hydrogen-bond acceptors (Lipinski definition) is 4. The Morgan fingerprint density at radius 1 is 1.47 bits per heavy atom. The molecule has 0 saturated carbocycles. The molecule has 0 aromatic carbocycles. The molecule has 1 N–H and O–H groups in total. The van der Waals surface area contributed by atoms with Gasteiger partial charge in [-0.3, -0.25) is 9.78 Å². The minimum absolute atomic E-state index is 0.0639. The summed E-state index contributed by atoms with van der Waals surface area (Å²) in [6.07, 6.45) is 1.66. The molecule has 5 heteroatoms. The summed E-state index contributed by atoms with van der Waals surface area (Å²) in [4.78, 5) is 18.1. The van der Waals surface area contributed by atoms with Crippen molar-refractivity contribution in [2.24, 2.45) is 0 Å². The lowest BCUT2D eigenvalue weighted by Crippen LogP contribution is -2.26. The second kappa shape index (κ2) is 6.33. The second-order valence-corrected chi connectivity index (χ2v) is 5.03. The summed E-state index contributed by atoms with van der Waals surface area (Å²) >= 11 is 1.63. The van der Waals surface area contributed by atoms with E-state index in [2.05, 4.69) is 10.3 Å². The zero-order valence-electron chi connectivity index (χ0n) is 11.1. The van der Waals surface area contributed by atoms with E-state index in [9.17, 15) is 4.79 Å². The molecule has 0 fully saturated rings. The van der Waals surface area contributed by atoms with Crippen LogP contribution in [0.15, 0.2) is 35.2 Å². The molecule has 2 heterocycles. The number of carbonyl (C=O) groups excluding carboxylic acids is 1. The molecule has 100 valence electrons. The van der Waals surface area contributed by atoms with Crippen molar-refractivity contribution in [3.05, 3.63) is 46.4 Å². The van der Waals surface area contributed by atoms with Gasteiger partial charge in [0.15, 0.2) is 0 Å². The first kappa shape index (κ1) is 13.5. The van der Waals surface area contributed by atoms with Gasteiger partial charge < -0.3 is 10.2 Å².